The molecule has 1 aliphatic rings. The smallest absolute Gasteiger partial charge is 0.244 e. The fraction of sp³-hybridized carbons (Fsp3) is 0.381. The van der Waals surface area contributed by atoms with E-state index in [0.717, 1.165) is 16.1 Å². The molecule has 0 bridgehead atoms. The standard InChI is InChI=1S/C21H26N2O5S/c1-4-18(16-8-6-5-7-9-16)22-21(24)15(2)23(29(3,25)26)17-10-11-19-20(14-17)28-13-12-27-19/h5-11,14-15,18H,4,12-13H2,1-3H3,(H,22,24)/t15-,18-/m0/s1. The van der Waals surface area contributed by atoms with Crippen LogP contribution in [0.5, 0.6) is 11.5 Å². The second-order valence-electron chi connectivity index (χ2n) is 6.94. The van der Waals surface area contributed by atoms with E-state index in [9.17, 15) is 13.2 Å². The lowest BCUT2D eigenvalue weighted by molar-refractivity contribution is -0.122. The van der Waals surface area contributed by atoms with E-state index in [1.165, 1.54) is 0 Å². The minimum atomic E-state index is -3.72. The van der Waals surface area contributed by atoms with Crippen LogP contribution in [0.1, 0.15) is 31.9 Å². The van der Waals surface area contributed by atoms with Gasteiger partial charge in [-0.25, -0.2) is 8.42 Å². The number of sulfonamides is 1. The van der Waals surface area contributed by atoms with E-state index in [4.69, 9.17) is 9.47 Å². The van der Waals surface area contributed by atoms with E-state index in [1.807, 2.05) is 37.3 Å². The summed E-state index contributed by atoms with van der Waals surface area (Å²) < 4.78 is 37.3. The maximum atomic E-state index is 13.0. The van der Waals surface area contributed by atoms with Crippen molar-refractivity contribution in [1.29, 1.82) is 0 Å². The van der Waals surface area contributed by atoms with E-state index in [-0.39, 0.29) is 11.9 Å². The summed E-state index contributed by atoms with van der Waals surface area (Å²) in [5, 5.41) is 2.97. The number of amides is 1. The lowest BCUT2D eigenvalue weighted by Crippen LogP contribution is -2.48. The van der Waals surface area contributed by atoms with Gasteiger partial charge in [0.1, 0.15) is 19.3 Å². The highest BCUT2D eigenvalue weighted by Gasteiger charge is 2.31. The van der Waals surface area contributed by atoms with Gasteiger partial charge in [0.2, 0.25) is 15.9 Å². The van der Waals surface area contributed by atoms with Crippen molar-refractivity contribution in [2.75, 3.05) is 23.8 Å². The topological polar surface area (TPSA) is 84.9 Å². The monoisotopic (exact) mass is 418 g/mol. The van der Waals surface area contributed by atoms with Gasteiger partial charge in [-0.1, -0.05) is 37.3 Å². The van der Waals surface area contributed by atoms with Crippen LogP contribution in [-0.2, 0) is 14.8 Å². The minimum absolute atomic E-state index is 0.201. The number of carbonyl (C=O) groups excluding carboxylic acids is 1. The van der Waals surface area contributed by atoms with Gasteiger partial charge >= 0.3 is 0 Å². The predicted octanol–water partition coefficient (Wildman–Crippen LogP) is 2.88. The second kappa shape index (κ2) is 8.73. The molecule has 0 radical (unpaired) electrons. The van der Waals surface area contributed by atoms with Crippen molar-refractivity contribution in [3.63, 3.8) is 0 Å². The Kier molecular flexibility index (Phi) is 6.32. The van der Waals surface area contributed by atoms with Gasteiger partial charge in [0.05, 0.1) is 18.0 Å². The van der Waals surface area contributed by atoms with E-state index in [0.29, 0.717) is 36.8 Å². The zero-order chi connectivity index (χ0) is 21.0. The highest BCUT2D eigenvalue weighted by Crippen LogP contribution is 2.35. The lowest BCUT2D eigenvalue weighted by Gasteiger charge is -2.30. The van der Waals surface area contributed by atoms with E-state index < -0.39 is 16.1 Å². The first-order chi connectivity index (χ1) is 13.8. The van der Waals surface area contributed by atoms with Gasteiger partial charge in [-0.05, 0) is 31.0 Å². The molecule has 8 heteroatoms. The maximum absolute atomic E-state index is 13.0. The average molecular weight is 419 g/mol. The Morgan fingerprint density at radius 2 is 1.76 bits per heavy atom. The molecule has 0 saturated heterocycles. The number of benzene rings is 2. The molecule has 1 amide bonds. The van der Waals surface area contributed by atoms with E-state index in [1.54, 1.807) is 25.1 Å². The lowest BCUT2D eigenvalue weighted by atomic mass is 10.0. The Bertz CT molecular complexity index is 962. The molecule has 7 nitrogen and oxygen atoms in total. The van der Waals surface area contributed by atoms with Gasteiger partial charge in [-0.2, -0.15) is 0 Å². The molecular formula is C21H26N2O5S. The maximum Gasteiger partial charge on any atom is 0.244 e. The molecule has 1 aliphatic heterocycles. The highest BCUT2D eigenvalue weighted by molar-refractivity contribution is 7.92. The largest absolute Gasteiger partial charge is 0.486 e. The summed E-state index contributed by atoms with van der Waals surface area (Å²) in [7, 11) is -3.72. The van der Waals surface area contributed by atoms with Crippen molar-refractivity contribution in [3.05, 3.63) is 54.1 Å². The molecule has 0 spiro atoms. The summed E-state index contributed by atoms with van der Waals surface area (Å²) >= 11 is 0. The summed E-state index contributed by atoms with van der Waals surface area (Å²) in [6.45, 7) is 4.38. The van der Waals surface area contributed by atoms with Crippen LogP contribution in [0.25, 0.3) is 0 Å². The molecule has 0 unspecified atom stereocenters. The van der Waals surface area contributed by atoms with Crippen LogP contribution in [0.3, 0.4) is 0 Å². The first-order valence-corrected chi connectivity index (χ1v) is 11.4. The molecule has 0 aromatic heterocycles. The van der Waals surface area contributed by atoms with Crippen LogP contribution in [0, 0.1) is 0 Å². The predicted molar refractivity (Wildman–Crippen MR) is 112 cm³/mol. The van der Waals surface area contributed by atoms with Crippen molar-refractivity contribution >= 4 is 21.6 Å². The molecule has 2 aromatic carbocycles. The first-order valence-electron chi connectivity index (χ1n) is 9.55. The van der Waals surface area contributed by atoms with Crippen LogP contribution in [0.2, 0.25) is 0 Å². The quantitative estimate of drug-likeness (QED) is 0.747. The number of carbonyl (C=O) groups is 1. The molecule has 2 atom stereocenters. The molecule has 1 heterocycles. The van der Waals surface area contributed by atoms with Crippen molar-refractivity contribution in [3.8, 4) is 11.5 Å². The first kappa shape index (κ1) is 21.0. The Morgan fingerprint density at radius 1 is 1.10 bits per heavy atom. The Morgan fingerprint density at radius 3 is 2.38 bits per heavy atom. The van der Waals surface area contributed by atoms with Gasteiger partial charge in [-0.15, -0.1) is 0 Å². The van der Waals surface area contributed by atoms with E-state index in [2.05, 4.69) is 5.32 Å². The summed E-state index contributed by atoms with van der Waals surface area (Å²) in [4.78, 5) is 13.0. The van der Waals surface area contributed by atoms with Crippen molar-refractivity contribution in [2.24, 2.45) is 0 Å². The molecule has 0 aliphatic carbocycles. The number of anilines is 1. The zero-order valence-corrected chi connectivity index (χ0v) is 17.6. The Balaban J connectivity index is 1.86. The molecule has 1 N–H and O–H groups in total. The number of ether oxygens (including phenoxy) is 2. The molecular weight excluding hydrogens is 392 g/mol. The SMILES string of the molecule is CC[C@H](NC(=O)[C@H](C)N(c1ccc2c(c1)OCCO2)S(C)(=O)=O)c1ccccc1. The summed E-state index contributed by atoms with van der Waals surface area (Å²) in [5.41, 5.74) is 1.33. The van der Waals surface area contributed by atoms with Gasteiger partial charge in [0.25, 0.3) is 0 Å². The third-order valence-electron chi connectivity index (χ3n) is 4.80. The molecule has 156 valence electrons. The van der Waals surface area contributed by atoms with Gasteiger partial charge in [0.15, 0.2) is 11.5 Å². The number of rotatable bonds is 7. The molecule has 0 fully saturated rings. The van der Waals surface area contributed by atoms with E-state index >= 15 is 0 Å². The minimum Gasteiger partial charge on any atom is -0.486 e. The van der Waals surface area contributed by atoms with Crippen LogP contribution in [0.15, 0.2) is 48.5 Å². The number of fused-ring (bicyclic) bond motifs is 1. The van der Waals surface area contributed by atoms with Gasteiger partial charge < -0.3 is 14.8 Å². The van der Waals surface area contributed by atoms with Crippen LogP contribution < -0.4 is 19.1 Å². The number of hydrogen-bond acceptors (Lipinski definition) is 5. The van der Waals surface area contributed by atoms with Crippen LogP contribution in [-0.4, -0.2) is 39.8 Å². The summed E-state index contributed by atoms with van der Waals surface area (Å²) in [5.74, 6) is 0.646. The average Bonchev–Trinajstić information content (AvgIpc) is 2.71. The summed E-state index contributed by atoms with van der Waals surface area (Å²) in [6, 6.07) is 13.3. The fourth-order valence-electron chi connectivity index (χ4n) is 3.38. The highest BCUT2D eigenvalue weighted by atomic mass is 32.2. The van der Waals surface area contributed by atoms with Gasteiger partial charge in [-0.3, -0.25) is 9.10 Å². The molecule has 3 rings (SSSR count). The summed E-state index contributed by atoms with van der Waals surface area (Å²) in [6.07, 6.45) is 1.77. The molecule has 29 heavy (non-hydrogen) atoms. The fourth-order valence-corrected chi connectivity index (χ4v) is 4.54. The van der Waals surface area contributed by atoms with Crippen molar-refractivity contribution in [1.82, 2.24) is 5.32 Å². The second-order valence-corrected chi connectivity index (χ2v) is 8.80. The number of hydrogen-bond donors (Lipinski definition) is 1. The van der Waals surface area contributed by atoms with Crippen LogP contribution >= 0.6 is 0 Å². The number of nitrogens with one attached hydrogen (secondary N) is 1. The normalized spacial score (nSPS) is 15.3. The molecule has 2 aromatic rings. The zero-order valence-electron chi connectivity index (χ0n) is 16.8. The van der Waals surface area contributed by atoms with Crippen molar-refractivity contribution < 1.29 is 22.7 Å². The Labute approximate surface area is 171 Å². The van der Waals surface area contributed by atoms with Gasteiger partial charge in [0, 0.05) is 6.07 Å². The van der Waals surface area contributed by atoms with Crippen molar-refractivity contribution in [2.45, 2.75) is 32.4 Å². The Hall–Kier alpha value is -2.74. The van der Waals surface area contributed by atoms with Crippen LogP contribution in [0.4, 0.5) is 5.69 Å². The third kappa shape index (κ3) is 4.82. The number of nitrogens with zero attached hydrogens (tertiary/aromatic N) is 1. The molecule has 0 saturated carbocycles. The third-order valence-corrected chi connectivity index (χ3v) is 6.04.